The maximum atomic E-state index is 3.89. The quantitative estimate of drug-likeness (QED) is 0.515. The van der Waals surface area contributed by atoms with Crippen LogP contribution in [-0.2, 0) is 0 Å². The fourth-order valence-electron chi connectivity index (χ4n) is 1.16. The van der Waals surface area contributed by atoms with E-state index in [-0.39, 0.29) is 0 Å². The van der Waals surface area contributed by atoms with E-state index in [2.05, 4.69) is 30.0 Å². The third kappa shape index (κ3) is 4.68. The van der Waals surface area contributed by atoms with Crippen LogP contribution >= 0.6 is 11.5 Å². The second-order valence-corrected chi connectivity index (χ2v) is 4.06. The van der Waals surface area contributed by atoms with E-state index < -0.39 is 0 Å². The molecule has 2 N–H and O–H groups in total. The molecule has 0 spiro atoms. The van der Waals surface area contributed by atoms with Crippen molar-refractivity contribution in [3.05, 3.63) is 61.2 Å². The molecule has 6 nitrogen and oxygen atoms in total. The Labute approximate surface area is 113 Å². The number of benzene rings is 1. The van der Waals surface area contributed by atoms with Gasteiger partial charge in [0.2, 0.25) is 0 Å². The van der Waals surface area contributed by atoms with Gasteiger partial charge in [-0.25, -0.2) is 0 Å². The van der Waals surface area contributed by atoms with Gasteiger partial charge < -0.3 is 0 Å². The molecule has 1 aromatic carbocycles. The SMILES string of the molecule is c1ccc2snnc2c1.c1cn[nH]c1.c1cn[nH]c1. The first-order valence-electron chi connectivity index (χ1n) is 5.51. The zero-order valence-corrected chi connectivity index (χ0v) is 10.8. The van der Waals surface area contributed by atoms with Gasteiger partial charge in [-0.05, 0) is 35.8 Å². The van der Waals surface area contributed by atoms with Crippen molar-refractivity contribution in [1.82, 2.24) is 30.0 Å². The van der Waals surface area contributed by atoms with Crippen molar-refractivity contribution in [3.63, 3.8) is 0 Å². The van der Waals surface area contributed by atoms with Crippen molar-refractivity contribution >= 4 is 21.7 Å². The minimum Gasteiger partial charge on any atom is -0.286 e. The molecule has 0 atom stereocenters. The summed E-state index contributed by atoms with van der Waals surface area (Å²) in [5.74, 6) is 0. The third-order valence-electron chi connectivity index (χ3n) is 1.96. The summed E-state index contributed by atoms with van der Waals surface area (Å²) in [6.45, 7) is 0. The van der Waals surface area contributed by atoms with Gasteiger partial charge in [0.05, 0.1) is 4.70 Å². The Kier molecular flexibility index (Phi) is 5.24. The molecule has 4 aromatic rings. The number of aromatic amines is 2. The molecule has 4 rings (SSSR count). The summed E-state index contributed by atoms with van der Waals surface area (Å²) in [4.78, 5) is 0. The Balaban J connectivity index is 0.000000114. The lowest BCUT2D eigenvalue weighted by atomic mass is 10.3. The fraction of sp³-hybridized carbons (Fsp3) is 0. The summed E-state index contributed by atoms with van der Waals surface area (Å²) in [6, 6.07) is 11.6. The van der Waals surface area contributed by atoms with E-state index in [1.807, 2.05) is 36.4 Å². The maximum Gasteiger partial charge on any atom is 0.105 e. The van der Waals surface area contributed by atoms with Crippen LogP contribution in [0.25, 0.3) is 10.2 Å². The molecular weight excluding hydrogens is 260 g/mol. The van der Waals surface area contributed by atoms with Gasteiger partial charge in [0.15, 0.2) is 0 Å². The number of hydrogen-bond acceptors (Lipinski definition) is 5. The van der Waals surface area contributed by atoms with E-state index in [0.29, 0.717) is 0 Å². The van der Waals surface area contributed by atoms with Gasteiger partial charge in [-0.3, -0.25) is 10.2 Å². The summed E-state index contributed by atoms with van der Waals surface area (Å²) >= 11 is 1.43. The molecular formula is C12H12N6S. The number of nitrogens with one attached hydrogen (secondary N) is 2. The average molecular weight is 272 g/mol. The van der Waals surface area contributed by atoms with Crippen molar-refractivity contribution in [2.24, 2.45) is 0 Å². The maximum absolute atomic E-state index is 3.89. The number of H-pyrrole nitrogens is 2. The molecule has 0 amide bonds. The number of hydrogen-bond donors (Lipinski definition) is 2. The first-order valence-corrected chi connectivity index (χ1v) is 6.29. The zero-order valence-electron chi connectivity index (χ0n) is 9.97. The Morgan fingerprint density at radius 2 is 1.53 bits per heavy atom. The van der Waals surface area contributed by atoms with Crippen LogP contribution in [0.2, 0.25) is 0 Å². The molecule has 0 fully saturated rings. The molecule has 19 heavy (non-hydrogen) atoms. The monoisotopic (exact) mass is 272 g/mol. The van der Waals surface area contributed by atoms with Crippen LogP contribution in [0.15, 0.2) is 61.2 Å². The van der Waals surface area contributed by atoms with Gasteiger partial charge in [-0.15, -0.1) is 5.10 Å². The van der Waals surface area contributed by atoms with E-state index in [1.165, 1.54) is 11.5 Å². The van der Waals surface area contributed by atoms with Crippen LogP contribution in [0.4, 0.5) is 0 Å². The van der Waals surface area contributed by atoms with Crippen LogP contribution in [0.1, 0.15) is 0 Å². The summed E-state index contributed by atoms with van der Waals surface area (Å²) in [5, 5.41) is 16.3. The first-order chi connectivity index (χ1) is 9.47. The van der Waals surface area contributed by atoms with Crippen molar-refractivity contribution in [1.29, 1.82) is 0 Å². The predicted molar refractivity (Wildman–Crippen MR) is 74.6 cm³/mol. The smallest absolute Gasteiger partial charge is 0.105 e. The molecule has 0 aliphatic rings. The predicted octanol–water partition coefficient (Wildman–Crippen LogP) is 2.51. The van der Waals surface area contributed by atoms with Crippen LogP contribution < -0.4 is 0 Å². The van der Waals surface area contributed by atoms with Crippen LogP contribution in [-0.4, -0.2) is 30.0 Å². The molecule has 0 radical (unpaired) electrons. The lowest BCUT2D eigenvalue weighted by Crippen LogP contribution is -1.63. The highest BCUT2D eigenvalue weighted by Crippen LogP contribution is 2.12. The summed E-state index contributed by atoms with van der Waals surface area (Å²) in [5.41, 5.74) is 0.988. The topological polar surface area (TPSA) is 83.1 Å². The van der Waals surface area contributed by atoms with Gasteiger partial charge in [0.25, 0.3) is 0 Å². The van der Waals surface area contributed by atoms with E-state index in [4.69, 9.17) is 0 Å². The Morgan fingerprint density at radius 1 is 0.842 bits per heavy atom. The molecule has 3 aromatic heterocycles. The second-order valence-electron chi connectivity index (χ2n) is 3.27. The second kappa shape index (κ2) is 7.72. The van der Waals surface area contributed by atoms with Crippen molar-refractivity contribution < 1.29 is 0 Å². The van der Waals surface area contributed by atoms with Gasteiger partial charge in [-0.2, -0.15) is 10.2 Å². The number of fused-ring (bicyclic) bond motifs is 1. The van der Waals surface area contributed by atoms with Crippen LogP contribution in [0.5, 0.6) is 0 Å². The highest BCUT2D eigenvalue weighted by Gasteiger charge is 1.91. The van der Waals surface area contributed by atoms with Crippen LogP contribution in [0.3, 0.4) is 0 Å². The zero-order chi connectivity index (χ0) is 13.2. The fourth-order valence-corrected chi connectivity index (χ4v) is 1.71. The Hall–Kier alpha value is -2.54. The number of nitrogens with zero attached hydrogens (tertiary/aromatic N) is 4. The molecule has 0 aliphatic carbocycles. The molecule has 0 aliphatic heterocycles. The third-order valence-corrected chi connectivity index (χ3v) is 2.67. The highest BCUT2D eigenvalue weighted by atomic mass is 32.1. The molecule has 96 valence electrons. The number of aromatic nitrogens is 6. The van der Waals surface area contributed by atoms with Crippen molar-refractivity contribution in [2.45, 2.75) is 0 Å². The summed E-state index contributed by atoms with van der Waals surface area (Å²) in [7, 11) is 0. The van der Waals surface area contributed by atoms with Crippen molar-refractivity contribution in [3.8, 4) is 0 Å². The molecule has 0 saturated carbocycles. The summed E-state index contributed by atoms with van der Waals surface area (Å²) < 4.78 is 4.94. The van der Waals surface area contributed by atoms with Gasteiger partial charge in [-0.1, -0.05) is 16.6 Å². The van der Waals surface area contributed by atoms with Gasteiger partial charge in [0.1, 0.15) is 5.52 Å². The lowest BCUT2D eigenvalue weighted by Gasteiger charge is -1.78. The molecule has 0 unspecified atom stereocenters. The Morgan fingerprint density at radius 3 is 2.00 bits per heavy atom. The average Bonchev–Trinajstić information content (AvgIpc) is 3.22. The standard InChI is InChI=1S/C6H4N2S.2C3H4N2/c1-2-4-6-5(3-1)7-8-9-6;2*1-2-4-5-3-1/h1-4H;2*1-3H,(H,4,5). The highest BCUT2D eigenvalue weighted by molar-refractivity contribution is 7.12. The van der Waals surface area contributed by atoms with E-state index in [9.17, 15) is 0 Å². The van der Waals surface area contributed by atoms with Gasteiger partial charge >= 0.3 is 0 Å². The van der Waals surface area contributed by atoms with Crippen LogP contribution in [0, 0.1) is 0 Å². The Bertz CT molecular complexity index is 553. The minimum absolute atomic E-state index is 0.988. The van der Waals surface area contributed by atoms with E-state index in [1.54, 1.807) is 24.8 Å². The largest absolute Gasteiger partial charge is 0.286 e. The summed E-state index contributed by atoms with van der Waals surface area (Å²) in [6.07, 6.45) is 6.92. The normalized spacial score (nSPS) is 9.05. The molecule has 7 heteroatoms. The first kappa shape index (κ1) is 12.9. The molecule has 3 heterocycles. The van der Waals surface area contributed by atoms with Gasteiger partial charge in [0, 0.05) is 24.8 Å². The number of rotatable bonds is 0. The molecule has 0 saturated heterocycles. The molecule has 0 bridgehead atoms. The van der Waals surface area contributed by atoms with E-state index >= 15 is 0 Å². The van der Waals surface area contributed by atoms with Crippen molar-refractivity contribution in [2.75, 3.05) is 0 Å². The van der Waals surface area contributed by atoms with E-state index in [0.717, 1.165) is 10.2 Å². The minimum atomic E-state index is 0.988. The lowest BCUT2D eigenvalue weighted by molar-refractivity contribution is 1.09.